The molecule has 0 radical (unpaired) electrons. The zero-order chi connectivity index (χ0) is 17.7. The molecule has 0 spiro atoms. The highest BCUT2D eigenvalue weighted by Crippen LogP contribution is 2.59. The molecule has 1 atom stereocenters. The normalized spacial score (nSPS) is 36.8. The SMILES string of the molecule is O=C(NCC12CC3CC(CC(C3)C1)C2)c1cc(OC[C@@H]2CO2)ncc1Br. The number of carbonyl (C=O) groups is 1. The molecule has 1 aliphatic heterocycles. The summed E-state index contributed by atoms with van der Waals surface area (Å²) < 4.78 is 11.5. The maximum absolute atomic E-state index is 12.8. The molecule has 4 saturated carbocycles. The van der Waals surface area contributed by atoms with Gasteiger partial charge in [0.2, 0.25) is 5.88 Å². The van der Waals surface area contributed by atoms with Crippen LogP contribution in [0.2, 0.25) is 0 Å². The molecule has 4 bridgehead atoms. The van der Waals surface area contributed by atoms with Gasteiger partial charge < -0.3 is 14.8 Å². The number of hydrogen-bond donors (Lipinski definition) is 1. The second-order valence-corrected chi connectivity index (χ2v) is 9.72. The van der Waals surface area contributed by atoms with Crippen LogP contribution in [-0.2, 0) is 4.74 Å². The minimum absolute atomic E-state index is 0.0393. The van der Waals surface area contributed by atoms with E-state index in [-0.39, 0.29) is 12.0 Å². The van der Waals surface area contributed by atoms with Crippen molar-refractivity contribution in [3.63, 3.8) is 0 Å². The minimum atomic E-state index is -0.0393. The predicted molar refractivity (Wildman–Crippen MR) is 100 cm³/mol. The Labute approximate surface area is 162 Å². The van der Waals surface area contributed by atoms with Crippen molar-refractivity contribution in [3.8, 4) is 5.88 Å². The summed E-state index contributed by atoms with van der Waals surface area (Å²) in [5.74, 6) is 3.13. The molecular formula is C20H25BrN2O3. The fraction of sp³-hybridized carbons (Fsp3) is 0.700. The fourth-order valence-electron chi connectivity index (χ4n) is 5.88. The van der Waals surface area contributed by atoms with Crippen LogP contribution >= 0.6 is 15.9 Å². The minimum Gasteiger partial charge on any atom is -0.475 e. The lowest BCUT2D eigenvalue weighted by atomic mass is 9.49. The quantitative estimate of drug-likeness (QED) is 0.714. The van der Waals surface area contributed by atoms with Gasteiger partial charge in [0.25, 0.3) is 5.91 Å². The second kappa shape index (κ2) is 6.48. The van der Waals surface area contributed by atoms with E-state index >= 15 is 0 Å². The Morgan fingerprint density at radius 2 is 1.92 bits per heavy atom. The van der Waals surface area contributed by atoms with E-state index < -0.39 is 0 Å². The van der Waals surface area contributed by atoms with E-state index in [1.54, 1.807) is 12.3 Å². The van der Waals surface area contributed by atoms with Gasteiger partial charge in [0.1, 0.15) is 12.7 Å². The topological polar surface area (TPSA) is 63.8 Å². The van der Waals surface area contributed by atoms with E-state index in [1.165, 1.54) is 38.5 Å². The molecule has 5 nitrogen and oxygen atoms in total. The van der Waals surface area contributed by atoms with Gasteiger partial charge in [-0.25, -0.2) is 4.98 Å². The van der Waals surface area contributed by atoms with Crippen LogP contribution in [0.15, 0.2) is 16.7 Å². The molecule has 140 valence electrons. The van der Waals surface area contributed by atoms with Crippen LogP contribution in [0.5, 0.6) is 5.88 Å². The lowest BCUT2D eigenvalue weighted by Gasteiger charge is -2.56. The average molecular weight is 421 g/mol. The molecule has 4 aliphatic carbocycles. The number of ether oxygens (including phenoxy) is 2. The number of epoxide rings is 1. The first-order valence-electron chi connectivity index (χ1n) is 9.77. The van der Waals surface area contributed by atoms with Gasteiger partial charge in [-0.05, 0) is 77.6 Å². The lowest BCUT2D eigenvalue weighted by molar-refractivity contribution is -0.0503. The molecule has 1 aromatic rings. The highest BCUT2D eigenvalue weighted by atomic mass is 79.9. The molecule has 2 heterocycles. The first-order valence-corrected chi connectivity index (χ1v) is 10.6. The van der Waals surface area contributed by atoms with Crippen LogP contribution in [0.3, 0.4) is 0 Å². The van der Waals surface area contributed by atoms with Gasteiger partial charge in [0, 0.05) is 23.3 Å². The number of aromatic nitrogens is 1. The van der Waals surface area contributed by atoms with Crippen molar-refractivity contribution < 1.29 is 14.3 Å². The number of pyridine rings is 1. The first kappa shape index (κ1) is 17.0. The molecule has 0 unspecified atom stereocenters. The summed E-state index contributed by atoms with van der Waals surface area (Å²) >= 11 is 3.45. The summed E-state index contributed by atoms with van der Waals surface area (Å²) in [6.07, 6.45) is 9.99. The number of carbonyl (C=O) groups excluding carboxylic acids is 1. The third-order valence-electron chi connectivity index (χ3n) is 6.68. The van der Waals surface area contributed by atoms with Crippen molar-refractivity contribution in [1.82, 2.24) is 10.3 Å². The van der Waals surface area contributed by atoms with Crippen LogP contribution in [0, 0.1) is 23.2 Å². The number of hydrogen-bond acceptors (Lipinski definition) is 4. The molecule has 1 N–H and O–H groups in total. The number of nitrogens with zero attached hydrogens (tertiary/aromatic N) is 1. The first-order chi connectivity index (χ1) is 12.6. The van der Waals surface area contributed by atoms with E-state index in [0.29, 0.717) is 27.9 Å². The van der Waals surface area contributed by atoms with Crippen molar-refractivity contribution in [1.29, 1.82) is 0 Å². The van der Waals surface area contributed by atoms with Crippen LogP contribution in [0.25, 0.3) is 0 Å². The molecule has 1 amide bonds. The third-order valence-corrected chi connectivity index (χ3v) is 7.32. The zero-order valence-electron chi connectivity index (χ0n) is 14.9. The van der Waals surface area contributed by atoms with Crippen LogP contribution in [0.1, 0.15) is 48.9 Å². The van der Waals surface area contributed by atoms with E-state index in [1.807, 2.05) is 0 Å². The maximum Gasteiger partial charge on any atom is 0.252 e. The molecule has 5 aliphatic rings. The van der Waals surface area contributed by atoms with E-state index in [2.05, 4.69) is 26.2 Å². The van der Waals surface area contributed by atoms with E-state index in [9.17, 15) is 4.79 Å². The number of rotatable bonds is 6. The Bertz CT molecular complexity index is 684. The van der Waals surface area contributed by atoms with Crippen LogP contribution in [-0.4, -0.2) is 36.8 Å². The summed E-state index contributed by atoms with van der Waals surface area (Å²) in [7, 11) is 0. The van der Waals surface area contributed by atoms with Gasteiger partial charge in [0.15, 0.2) is 0 Å². The molecule has 1 saturated heterocycles. The fourth-order valence-corrected chi connectivity index (χ4v) is 6.28. The molecule has 5 fully saturated rings. The highest BCUT2D eigenvalue weighted by Gasteiger charge is 2.50. The second-order valence-electron chi connectivity index (χ2n) is 8.87. The van der Waals surface area contributed by atoms with Crippen molar-refractivity contribution in [2.45, 2.75) is 44.6 Å². The van der Waals surface area contributed by atoms with Crippen molar-refractivity contribution >= 4 is 21.8 Å². The largest absolute Gasteiger partial charge is 0.475 e. The molecule has 1 aromatic heterocycles. The summed E-state index contributed by atoms with van der Waals surface area (Å²) in [5.41, 5.74) is 0.934. The predicted octanol–water partition coefficient (Wildman–Crippen LogP) is 3.57. The molecule has 6 rings (SSSR count). The van der Waals surface area contributed by atoms with Crippen molar-refractivity contribution in [3.05, 3.63) is 22.3 Å². The Kier molecular flexibility index (Phi) is 4.24. The number of amides is 1. The highest BCUT2D eigenvalue weighted by molar-refractivity contribution is 9.10. The van der Waals surface area contributed by atoms with Gasteiger partial charge in [-0.3, -0.25) is 4.79 Å². The summed E-state index contributed by atoms with van der Waals surface area (Å²) in [5, 5.41) is 3.22. The van der Waals surface area contributed by atoms with Crippen molar-refractivity contribution in [2.24, 2.45) is 23.2 Å². The van der Waals surface area contributed by atoms with Crippen LogP contribution < -0.4 is 10.1 Å². The Balaban J connectivity index is 1.24. The molecular weight excluding hydrogens is 396 g/mol. The number of nitrogens with one attached hydrogen (secondary N) is 1. The van der Waals surface area contributed by atoms with Crippen molar-refractivity contribution in [2.75, 3.05) is 19.8 Å². The van der Waals surface area contributed by atoms with Gasteiger partial charge in [-0.2, -0.15) is 0 Å². The standard InChI is InChI=1S/C20H25BrN2O3/c21-17-8-22-18(26-10-15-9-25-15)4-16(17)19(24)23-11-20-5-12-1-13(6-20)3-14(2-12)7-20/h4,8,12-15H,1-3,5-7,9-11H2,(H,23,24)/t12?,13?,14?,15-,20?/m0/s1. The Morgan fingerprint density at radius 3 is 2.54 bits per heavy atom. The lowest BCUT2D eigenvalue weighted by Crippen LogP contribution is -2.51. The summed E-state index contributed by atoms with van der Waals surface area (Å²) in [6.45, 7) is 2.04. The van der Waals surface area contributed by atoms with Gasteiger partial charge in [0.05, 0.1) is 12.2 Å². The summed E-state index contributed by atoms with van der Waals surface area (Å²) in [6, 6.07) is 1.72. The van der Waals surface area contributed by atoms with Gasteiger partial charge >= 0.3 is 0 Å². The Hall–Kier alpha value is -1.14. The van der Waals surface area contributed by atoms with Gasteiger partial charge in [-0.15, -0.1) is 0 Å². The third kappa shape index (κ3) is 3.38. The van der Waals surface area contributed by atoms with E-state index in [0.717, 1.165) is 30.9 Å². The smallest absolute Gasteiger partial charge is 0.252 e. The molecule has 26 heavy (non-hydrogen) atoms. The van der Waals surface area contributed by atoms with Crippen LogP contribution in [0.4, 0.5) is 0 Å². The van der Waals surface area contributed by atoms with E-state index in [4.69, 9.17) is 9.47 Å². The molecule has 0 aromatic carbocycles. The van der Waals surface area contributed by atoms with Gasteiger partial charge in [-0.1, -0.05) is 0 Å². The average Bonchev–Trinajstić information content (AvgIpc) is 3.42. The maximum atomic E-state index is 12.8. The molecule has 6 heteroatoms. The monoisotopic (exact) mass is 420 g/mol. The summed E-state index contributed by atoms with van der Waals surface area (Å²) in [4.78, 5) is 17.0. The zero-order valence-corrected chi connectivity index (χ0v) is 16.5. The number of halogens is 1. The Morgan fingerprint density at radius 1 is 1.27 bits per heavy atom.